The van der Waals surface area contributed by atoms with E-state index in [2.05, 4.69) is 10.1 Å². The molecule has 2 aromatic carbocycles. The van der Waals surface area contributed by atoms with Gasteiger partial charge in [0.2, 0.25) is 0 Å². The highest BCUT2D eigenvalue weighted by molar-refractivity contribution is 5.94. The lowest BCUT2D eigenvalue weighted by molar-refractivity contribution is -0.386. The first-order valence-electron chi connectivity index (χ1n) is 10.1. The molecule has 3 aromatic rings. The normalized spacial score (nSPS) is 11.5. The minimum Gasteiger partial charge on any atom is -0.493 e. The van der Waals surface area contributed by atoms with E-state index in [1.54, 1.807) is 30.3 Å². The van der Waals surface area contributed by atoms with E-state index in [0.29, 0.717) is 0 Å². The Morgan fingerprint density at radius 3 is 2.46 bits per heavy atom. The number of methoxy groups -OCH3 is 1. The first-order chi connectivity index (χ1) is 16.8. The minimum absolute atomic E-state index is 0.0224. The number of halogens is 2. The molecule has 1 atom stereocenters. The van der Waals surface area contributed by atoms with Crippen molar-refractivity contribution in [3.63, 3.8) is 0 Å². The third kappa shape index (κ3) is 6.76. The summed E-state index contributed by atoms with van der Waals surface area (Å²) in [7, 11) is 1.16. The fourth-order valence-corrected chi connectivity index (χ4v) is 3.15. The number of benzene rings is 2. The van der Waals surface area contributed by atoms with Crippen LogP contribution < -0.4 is 14.8 Å². The third-order valence-corrected chi connectivity index (χ3v) is 4.77. The van der Waals surface area contributed by atoms with Crippen LogP contribution in [-0.4, -0.2) is 36.6 Å². The minimum atomic E-state index is -3.23. The molecule has 0 unspecified atom stereocenters. The van der Waals surface area contributed by atoms with Gasteiger partial charge in [0.25, 0.3) is 11.6 Å². The lowest BCUT2D eigenvalue weighted by atomic mass is 10.1. The van der Waals surface area contributed by atoms with Crippen LogP contribution in [-0.2, 0) is 22.6 Å². The predicted octanol–water partition coefficient (Wildman–Crippen LogP) is 3.88. The van der Waals surface area contributed by atoms with Crippen LogP contribution in [0.4, 0.5) is 14.5 Å². The third-order valence-electron chi connectivity index (χ3n) is 4.77. The topological polar surface area (TPSA) is 130 Å². The molecule has 0 fully saturated rings. The van der Waals surface area contributed by atoms with Crippen molar-refractivity contribution in [1.29, 1.82) is 0 Å². The maximum absolute atomic E-state index is 12.9. The van der Waals surface area contributed by atoms with Crippen molar-refractivity contribution in [3.05, 3.63) is 87.9 Å². The number of carbonyl (C=O) groups is 2. The molecule has 0 saturated heterocycles. The molecular weight excluding hydrogens is 470 g/mol. The number of nitrogens with zero attached hydrogens (tertiary/aromatic N) is 1. The van der Waals surface area contributed by atoms with Gasteiger partial charge in [0, 0.05) is 6.42 Å². The lowest BCUT2D eigenvalue weighted by Crippen LogP contribution is -2.43. The summed E-state index contributed by atoms with van der Waals surface area (Å²) in [5.41, 5.74) is -0.0264. The summed E-state index contributed by atoms with van der Waals surface area (Å²) < 4.78 is 44.8. The van der Waals surface area contributed by atoms with E-state index >= 15 is 0 Å². The Morgan fingerprint density at radius 2 is 1.86 bits per heavy atom. The maximum Gasteiger partial charge on any atom is 0.387 e. The standard InChI is InChI=1S/C23H20F2N2O8/c1-32-19-11-15(17(27(30)31)12-20(19)35-23(24)25)13-34-22(29)16(10-14-6-3-2-4-7-14)26-21(28)18-8-5-9-33-18/h2-9,11-12,16,23H,10,13H2,1H3,(H,26,28)/t16-/m0/s1. The van der Waals surface area contributed by atoms with Crippen molar-refractivity contribution in [3.8, 4) is 11.5 Å². The van der Waals surface area contributed by atoms with E-state index in [0.717, 1.165) is 24.8 Å². The van der Waals surface area contributed by atoms with Gasteiger partial charge in [0.15, 0.2) is 17.3 Å². The number of furan rings is 1. The molecule has 0 radical (unpaired) electrons. The van der Waals surface area contributed by atoms with Crippen LogP contribution in [0.15, 0.2) is 65.3 Å². The summed E-state index contributed by atoms with van der Waals surface area (Å²) in [6.45, 7) is -3.83. The number of carbonyl (C=O) groups excluding carboxylic acids is 2. The van der Waals surface area contributed by atoms with Gasteiger partial charge in [-0.25, -0.2) is 4.79 Å². The lowest BCUT2D eigenvalue weighted by Gasteiger charge is -2.18. The molecule has 184 valence electrons. The van der Waals surface area contributed by atoms with Gasteiger partial charge < -0.3 is 23.9 Å². The van der Waals surface area contributed by atoms with Gasteiger partial charge in [-0.15, -0.1) is 0 Å². The second-order valence-electron chi connectivity index (χ2n) is 7.07. The van der Waals surface area contributed by atoms with Crippen molar-refractivity contribution in [1.82, 2.24) is 5.32 Å². The van der Waals surface area contributed by atoms with Gasteiger partial charge in [-0.05, 0) is 23.8 Å². The smallest absolute Gasteiger partial charge is 0.387 e. The molecule has 0 aliphatic carbocycles. The summed E-state index contributed by atoms with van der Waals surface area (Å²) in [5.74, 6) is -2.32. The van der Waals surface area contributed by atoms with Crippen LogP contribution >= 0.6 is 0 Å². The molecule has 3 rings (SSSR count). The zero-order valence-corrected chi connectivity index (χ0v) is 18.3. The highest BCUT2D eigenvalue weighted by Gasteiger charge is 2.27. The molecule has 0 aliphatic rings. The Kier molecular flexibility index (Phi) is 8.33. The molecule has 0 saturated carbocycles. The average molecular weight is 490 g/mol. The molecule has 0 aliphatic heterocycles. The van der Waals surface area contributed by atoms with Crippen molar-refractivity contribution < 1.29 is 41.9 Å². The second-order valence-corrected chi connectivity index (χ2v) is 7.07. The number of rotatable bonds is 11. The summed E-state index contributed by atoms with van der Waals surface area (Å²) >= 11 is 0. The monoisotopic (exact) mass is 490 g/mol. The molecule has 1 aromatic heterocycles. The number of nitro groups is 1. The highest BCUT2D eigenvalue weighted by Crippen LogP contribution is 2.36. The summed E-state index contributed by atoms with van der Waals surface area (Å²) in [6.07, 6.45) is 1.37. The molecule has 35 heavy (non-hydrogen) atoms. The predicted molar refractivity (Wildman–Crippen MR) is 116 cm³/mol. The Hall–Kier alpha value is -4.48. The fraction of sp³-hybridized carbons (Fsp3) is 0.217. The van der Waals surface area contributed by atoms with Crippen molar-refractivity contribution in [2.24, 2.45) is 0 Å². The van der Waals surface area contributed by atoms with Crippen LogP contribution in [0.5, 0.6) is 11.5 Å². The van der Waals surface area contributed by atoms with Crippen LogP contribution in [0.2, 0.25) is 0 Å². The summed E-state index contributed by atoms with van der Waals surface area (Å²) in [4.78, 5) is 36.0. The summed E-state index contributed by atoms with van der Waals surface area (Å²) in [6, 6.07) is 12.4. The number of nitro benzene ring substituents is 1. The number of amides is 1. The highest BCUT2D eigenvalue weighted by atomic mass is 19.3. The van der Waals surface area contributed by atoms with Crippen molar-refractivity contribution in [2.75, 3.05) is 7.11 Å². The molecule has 12 heteroatoms. The van der Waals surface area contributed by atoms with E-state index < -0.39 is 47.5 Å². The van der Waals surface area contributed by atoms with Gasteiger partial charge in [0.05, 0.1) is 29.9 Å². The summed E-state index contributed by atoms with van der Waals surface area (Å²) in [5, 5.41) is 14.0. The first kappa shape index (κ1) is 25.1. The zero-order chi connectivity index (χ0) is 25.4. The van der Waals surface area contributed by atoms with Gasteiger partial charge in [0.1, 0.15) is 12.6 Å². The molecule has 1 amide bonds. The van der Waals surface area contributed by atoms with Crippen LogP contribution in [0, 0.1) is 10.1 Å². The second kappa shape index (κ2) is 11.6. The molecule has 0 bridgehead atoms. The van der Waals surface area contributed by atoms with Crippen LogP contribution in [0.25, 0.3) is 0 Å². The quantitative estimate of drug-likeness (QED) is 0.243. The first-order valence-corrected chi connectivity index (χ1v) is 10.1. The zero-order valence-electron chi connectivity index (χ0n) is 18.3. The Balaban J connectivity index is 1.81. The number of nitrogens with one attached hydrogen (secondary N) is 1. The number of hydrogen-bond donors (Lipinski definition) is 1. The van der Waals surface area contributed by atoms with Gasteiger partial charge in [-0.2, -0.15) is 8.78 Å². The number of ether oxygens (including phenoxy) is 3. The van der Waals surface area contributed by atoms with E-state index in [1.165, 1.54) is 18.4 Å². The largest absolute Gasteiger partial charge is 0.493 e. The average Bonchev–Trinajstić information content (AvgIpc) is 3.37. The van der Waals surface area contributed by atoms with Gasteiger partial charge in [-0.1, -0.05) is 30.3 Å². The molecule has 10 nitrogen and oxygen atoms in total. The van der Waals surface area contributed by atoms with Crippen molar-refractivity contribution >= 4 is 17.6 Å². The van der Waals surface area contributed by atoms with E-state index in [9.17, 15) is 28.5 Å². The van der Waals surface area contributed by atoms with Crippen LogP contribution in [0.1, 0.15) is 21.7 Å². The number of hydrogen-bond acceptors (Lipinski definition) is 8. The molecule has 1 heterocycles. The molecule has 0 spiro atoms. The molecular formula is C23H20F2N2O8. The Bertz CT molecular complexity index is 1170. The maximum atomic E-state index is 12.9. The fourth-order valence-electron chi connectivity index (χ4n) is 3.15. The van der Waals surface area contributed by atoms with E-state index in [4.69, 9.17) is 13.9 Å². The van der Waals surface area contributed by atoms with Crippen molar-refractivity contribution in [2.45, 2.75) is 25.7 Å². The van der Waals surface area contributed by atoms with Crippen LogP contribution in [0.3, 0.4) is 0 Å². The number of alkyl halides is 2. The Morgan fingerprint density at radius 1 is 1.11 bits per heavy atom. The SMILES string of the molecule is COc1cc(COC(=O)[C@H](Cc2ccccc2)NC(=O)c2ccco2)c([N+](=O)[O-])cc1OC(F)F. The van der Waals surface area contributed by atoms with E-state index in [1.807, 2.05) is 0 Å². The Labute approximate surface area is 197 Å². The van der Waals surface area contributed by atoms with Gasteiger partial charge in [-0.3, -0.25) is 14.9 Å². The number of esters is 1. The van der Waals surface area contributed by atoms with E-state index in [-0.39, 0.29) is 23.5 Å². The van der Waals surface area contributed by atoms with Gasteiger partial charge >= 0.3 is 12.6 Å². The molecule has 1 N–H and O–H groups in total.